The van der Waals surface area contributed by atoms with Gasteiger partial charge in [-0.3, -0.25) is 9.78 Å². The summed E-state index contributed by atoms with van der Waals surface area (Å²) in [4.78, 5) is 19.3. The Balaban J connectivity index is 1.28. The van der Waals surface area contributed by atoms with E-state index in [9.17, 15) is 4.79 Å². The van der Waals surface area contributed by atoms with Crippen LogP contribution in [0.5, 0.6) is 5.75 Å². The highest BCUT2D eigenvalue weighted by atomic mass is 32.1. The maximum absolute atomic E-state index is 12.5. The maximum atomic E-state index is 12.5. The van der Waals surface area contributed by atoms with Crippen LogP contribution in [0.1, 0.15) is 29.0 Å². The Morgan fingerprint density at radius 1 is 0.902 bits per heavy atom. The van der Waals surface area contributed by atoms with Gasteiger partial charge in [-0.1, -0.05) is 42.0 Å². The molecule has 0 saturated carbocycles. The second-order valence-electron chi connectivity index (χ2n) is 9.83. The van der Waals surface area contributed by atoms with Crippen molar-refractivity contribution >= 4 is 34.6 Å². The van der Waals surface area contributed by atoms with Crippen molar-refractivity contribution in [3.05, 3.63) is 139 Å². The van der Waals surface area contributed by atoms with Crippen LogP contribution in [0.25, 0.3) is 5.69 Å². The summed E-state index contributed by atoms with van der Waals surface area (Å²) in [6.07, 6.45) is 3.88. The van der Waals surface area contributed by atoms with Crippen LogP contribution in [0.4, 0.5) is 11.4 Å². The number of hydrogen-bond acceptors (Lipinski definition) is 4. The molecule has 41 heavy (non-hydrogen) atoms. The van der Waals surface area contributed by atoms with Crippen molar-refractivity contribution in [3.8, 4) is 11.4 Å². The smallest absolute Gasteiger partial charge is 0.262 e. The van der Waals surface area contributed by atoms with Gasteiger partial charge in [-0.15, -0.1) is 0 Å². The lowest BCUT2D eigenvalue weighted by atomic mass is 10.0. The fourth-order valence-corrected chi connectivity index (χ4v) is 5.42. The third kappa shape index (κ3) is 5.69. The van der Waals surface area contributed by atoms with E-state index in [0.717, 1.165) is 22.8 Å². The summed E-state index contributed by atoms with van der Waals surface area (Å²) >= 11 is 5.90. The molecule has 0 unspecified atom stereocenters. The van der Waals surface area contributed by atoms with Gasteiger partial charge in [0.1, 0.15) is 11.8 Å². The predicted molar refractivity (Wildman–Crippen MR) is 165 cm³/mol. The monoisotopic (exact) mass is 559 g/mol. The molecular weight excluding hydrogens is 530 g/mol. The molecule has 2 atom stereocenters. The van der Waals surface area contributed by atoms with Gasteiger partial charge < -0.3 is 24.8 Å². The number of aryl methyl sites for hydroxylation is 1. The fourth-order valence-electron chi connectivity index (χ4n) is 5.08. The molecule has 3 aromatic carbocycles. The average molecular weight is 560 g/mol. The van der Waals surface area contributed by atoms with Gasteiger partial charge in [-0.25, -0.2) is 0 Å². The quantitative estimate of drug-likeness (QED) is 0.215. The van der Waals surface area contributed by atoms with Crippen molar-refractivity contribution in [1.82, 2.24) is 14.9 Å². The molecule has 1 amide bonds. The molecule has 0 bridgehead atoms. The zero-order chi connectivity index (χ0) is 28.2. The van der Waals surface area contributed by atoms with Crippen LogP contribution < -0.4 is 20.3 Å². The summed E-state index contributed by atoms with van der Waals surface area (Å²) in [6, 6.07) is 35.2. The first-order valence-corrected chi connectivity index (χ1v) is 13.8. The van der Waals surface area contributed by atoms with Gasteiger partial charge in [0.25, 0.3) is 5.91 Å². The van der Waals surface area contributed by atoms with Crippen LogP contribution in [-0.2, 0) is 4.79 Å². The second-order valence-corrected chi connectivity index (χ2v) is 10.2. The van der Waals surface area contributed by atoms with E-state index in [2.05, 4.69) is 74.6 Å². The Labute approximate surface area is 244 Å². The molecule has 204 valence electrons. The van der Waals surface area contributed by atoms with Crippen LogP contribution in [0.3, 0.4) is 0 Å². The number of nitrogens with one attached hydrogen (secondary N) is 2. The zero-order valence-electron chi connectivity index (χ0n) is 22.5. The van der Waals surface area contributed by atoms with Crippen molar-refractivity contribution in [2.45, 2.75) is 19.0 Å². The van der Waals surface area contributed by atoms with Crippen molar-refractivity contribution in [2.75, 3.05) is 16.8 Å². The van der Waals surface area contributed by atoms with Crippen LogP contribution in [0, 0.1) is 6.92 Å². The number of pyridine rings is 1. The fraction of sp³-hybridized carbons (Fsp3) is 0.121. The van der Waals surface area contributed by atoms with Gasteiger partial charge >= 0.3 is 0 Å². The average Bonchev–Trinajstić information content (AvgIpc) is 3.62. The number of para-hydroxylation sites is 1. The SMILES string of the molecule is Cc1ccc(-n2cccc2[C@@H]2[C@H](c3ccccn3)NC(=S)N2c2ccc(NC(=O)COc3ccccc3)cc2)cc1. The summed E-state index contributed by atoms with van der Waals surface area (Å²) in [5.74, 6) is 0.418. The first-order valence-electron chi connectivity index (χ1n) is 13.4. The maximum Gasteiger partial charge on any atom is 0.262 e. The molecule has 8 heteroatoms. The van der Waals surface area contributed by atoms with Crippen LogP contribution in [0.2, 0.25) is 0 Å². The van der Waals surface area contributed by atoms with Gasteiger partial charge in [0.05, 0.1) is 11.7 Å². The number of hydrogen-bond donors (Lipinski definition) is 2. The summed E-state index contributed by atoms with van der Waals surface area (Å²) in [7, 11) is 0. The molecule has 1 aliphatic rings. The van der Waals surface area contributed by atoms with Crippen molar-refractivity contribution in [2.24, 2.45) is 0 Å². The Kier molecular flexibility index (Phi) is 7.47. The Bertz CT molecular complexity index is 1640. The Hall–Kier alpha value is -4.95. The molecule has 1 fully saturated rings. The molecule has 0 spiro atoms. The molecule has 3 heterocycles. The third-order valence-electron chi connectivity index (χ3n) is 7.04. The topological polar surface area (TPSA) is 71.4 Å². The number of nitrogens with zero attached hydrogens (tertiary/aromatic N) is 3. The minimum absolute atomic E-state index is 0.0737. The summed E-state index contributed by atoms with van der Waals surface area (Å²) in [5.41, 5.74) is 5.84. The van der Waals surface area contributed by atoms with E-state index in [0.29, 0.717) is 16.5 Å². The van der Waals surface area contributed by atoms with Crippen LogP contribution in [0.15, 0.2) is 122 Å². The molecule has 6 rings (SSSR count). The largest absolute Gasteiger partial charge is 0.484 e. The van der Waals surface area contributed by atoms with Gasteiger partial charge in [0, 0.05) is 35.1 Å². The van der Waals surface area contributed by atoms with Gasteiger partial charge in [-0.05, 0) is 91.9 Å². The summed E-state index contributed by atoms with van der Waals surface area (Å²) < 4.78 is 7.77. The number of rotatable bonds is 8. The molecule has 5 aromatic rings. The number of carbonyl (C=O) groups excluding carboxylic acids is 1. The van der Waals surface area contributed by atoms with Crippen LogP contribution in [-0.4, -0.2) is 27.2 Å². The van der Waals surface area contributed by atoms with Gasteiger partial charge in [0.2, 0.25) is 0 Å². The highest BCUT2D eigenvalue weighted by molar-refractivity contribution is 7.80. The number of thiocarbonyl (C=S) groups is 1. The summed E-state index contributed by atoms with van der Waals surface area (Å²) in [6.45, 7) is 2.01. The number of carbonyl (C=O) groups is 1. The first kappa shape index (κ1) is 26.3. The molecule has 1 aliphatic heterocycles. The zero-order valence-corrected chi connectivity index (χ0v) is 23.3. The highest BCUT2D eigenvalue weighted by Gasteiger charge is 2.42. The number of ether oxygens (including phenoxy) is 1. The molecular formula is C33H29N5O2S. The van der Waals surface area contributed by atoms with Crippen LogP contribution >= 0.6 is 12.2 Å². The normalized spacial score (nSPS) is 16.3. The Morgan fingerprint density at radius 3 is 2.37 bits per heavy atom. The number of anilines is 2. The molecule has 1 saturated heterocycles. The molecule has 2 aromatic heterocycles. The lowest BCUT2D eigenvalue weighted by Crippen LogP contribution is -2.30. The van der Waals surface area contributed by atoms with E-state index in [-0.39, 0.29) is 24.6 Å². The lowest BCUT2D eigenvalue weighted by Gasteiger charge is -2.29. The second kappa shape index (κ2) is 11.7. The number of aromatic nitrogens is 2. The molecule has 0 radical (unpaired) electrons. The van der Waals surface area contributed by atoms with E-state index in [4.69, 9.17) is 17.0 Å². The van der Waals surface area contributed by atoms with Gasteiger partial charge in [-0.2, -0.15) is 0 Å². The van der Waals surface area contributed by atoms with E-state index in [1.165, 1.54) is 5.56 Å². The predicted octanol–water partition coefficient (Wildman–Crippen LogP) is 6.38. The van der Waals surface area contributed by atoms with Gasteiger partial charge in [0.15, 0.2) is 11.7 Å². The molecule has 7 nitrogen and oxygen atoms in total. The minimum Gasteiger partial charge on any atom is -0.484 e. The summed E-state index contributed by atoms with van der Waals surface area (Å²) in [5, 5.41) is 7.03. The van der Waals surface area contributed by atoms with Crippen molar-refractivity contribution in [3.63, 3.8) is 0 Å². The minimum atomic E-state index is -0.232. The van der Waals surface area contributed by atoms with Crippen molar-refractivity contribution in [1.29, 1.82) is 0 Å². The van der Waals surface area contributed by atoms with E-state index >= 15 is 0 Å². The standard InChI is InChI=1S/C33H29N5O2S/c1-23-12-16-25(17-13-23)37-21-7-11-29(37)32-31(28-10-5-6-20-34-28)36-33(41)38(32)26-18-14-24(15-19-26)35-30(39)22-40-27-8-3-2-4-9-27/h2-21,31-32H,22H2,1H3,(H,35,39)(H,36,41)/t31-,32+/m0/s1. The Morgan fingerprint density at radius 2 is 1.63 bits per heavy atom. The third-order valence-corrected chi connectivity index (χ3v) is 7.35. The van der Waals surface area contributed by atoms with E-state index in [1.54, 1.807) is 6.20 Å². The van der Waals surface area contributed by atoms with E-state index < -0.39 is 0 Å². The van der Waals surface area contributed by atoms with E-state index in [1.807, 2.05) is 72.8 Å². The first-order chi connectivity index (χ1) is 20.1. The highest BCUT2D eigenvalue weighted by Crippen LogP contribution is 2.42. The molecule has 2 N–H and O–H groups in total. The molecule has 0 aliphatic carbocycles. The lowest BCUT2D eigenvalue weighted by molar-refractivity contribution is -0.118. The van der Waals surface area contributed by atoms with Crippen molar-refractivity contribution < 1.29 is 9.53 Å². The number of benzene rings is 3. The number of amides is 1.